The third-order valence-electron chi connectivity index (χ3n) is 6.66. The quantitative estimate of drug-likeness (QED) is 0.819. The molecule has 1 aromatic heterocycles. The molecule has 0 unspecified atom stereocenters. The van der Waals surface area contributed by atoms with Gasteiger partial charge in [0, 0.05) is 55.5 Å². The monoisotopic (exact) mass is 391 g/mol. The van der Waals surface area contributed by atoms with Crippen LogP contribution in [0.15, 0.2) is 36.5 Å². The van der Waals surface area contributed by atoms with E-state index in [4.69, 9.17) is 10.7 Å². The van der Waals surface area contributed by atoms with Crippen LogP contribution in [0.5, 0.6) is 0 Å². The van der Waals surface area contributed by atoms with Crippen LogP contribution in [0, 0.1) is 5.92 Å². The topological polar surface area (TPSA) is 75.4 Å². The normalized spacial score (nSPS) is 24.1. The summed E-state index contributed by atoms with van der Waals surface area (Å²) < 4.78 is 0. The van der Waals surface area contributed by atoms with Crippen LogP contribution in [0.1, 0.15) is 43.4 Å². The summed E-state index contributed by atoms with van der Waals surface area (Å²) in [6.45, 7) is 3.03. The van der Waals surface area contributed by atoms with E-state index >= 15 is 0 Å². The van der Waals surface area contributed by atoms with E-state index in [2.05, 4.69) is 9.88 Å². The maximum atomic E-state index is 13.1. The number of fused-ring (bicyclic) bond motifs is 1. The molecule has 3 aliphatic rings. The van der Waals surface area contributed by atoms with Crippen LogP contribution in [-0.4, -0.2) is 50.8 Å². The van der Waals surface area contributed by atoms with Gasteiger partial charge < -0.3 is 10.6 Å². The third kappa shape index (κ3) is 3.91. The van der Waals surface area contributed by atoms with Crippen LogP contribution in [0.25, 0.3) is 11.4 Å². The predicted octanol–water partition coefficient (Wildman–Crippen LogP) is 2.58. The van der Waals surface area contributed by atoms with E-state index in [9.17, 15) is 4.79 Å². The summed E-state index contributed by atoms with van der Waals surface area (Å²) in [5.41, 5.74) is 9.06. The first-order valence-corrected chi connectivity index (χ1v) is 10.8. The van der Waals surface area contributed by atoms with Gasteiger partial charge in [0.25, 0.3) is 0 Å². The molecule has 1 saturated carbocycles. The van der Waals surface area contributed by atoms with Gasteiger partial charge in [-0.2, -0.15) is 0 Å². The lowest BCUT2D eigenvalue weighted by atomic mass is 10.1. The standard InChI is InChI=1S/C23H29N5O/c24-11-20-9-8-19(28(20)13-16-6-7-16)10-22(29)27-14-18-12-25-23(26-21(18)15-27)17-4-2-1-3-5-17/h1-5,12,16,19-20H,6-11,13-15,24H2/t19-,20+/m0/s1. The Bertz CT molecular complexity index is 882. The summed E-state index contributed by atoms with van der Waals surface area (Å²) in [7, 11) is 0. The smallest absolute Gasteiger partial charge is 0.224 e. The number of hydrogen-bond donors (Lipinski definition) is 1. The van der Waals surface area contributed by atoms with Crippen molar-refractivity contribution in [2.24, 2.45) is 11.7 Å². The summed E-state index contributed by atoms with van der Waals surface area (Å²) in [4.78, 5) is 26.8. The highest BCUT2D eigenvalue weighted by atomic mass is 16.2. The fraction of sp³-hybridized carbons (Fsp3) is 0.522. The van der Waals surface area contributed by atoms with Crippen LogP contribution >= 0.6 is 0 Å². The lowest BCUT2D eigenvalue weighted by Crippen LogP contribution is -2.43. The number of amides is 1. The maximum Gasteiger partial charge on any atom is 0.224 e. The van der Waals surface area contributed by atoms with Crippen LogP contribution in [0.4, 0.5) is 0 Å². The number of hydrogen-bond acceptors (Lipinski definition) is 5. The van der Waals surface area contributed by atoms with Gasteiger partial charge in [-0.05, 0) is 31.6 Å². The molecule has 152 valence electrons. The highest BCUT2D eigenvalue weighted by Crippen LogP contribution is 2.35. The van der Waals surface area contributed by atoms with Crippen molar-refractivity contribution in [1.29, 1.82) is 0 Å². The van der Waals surface area contributed by atoms with Gasteiger partial charge in [0.1, 0.15) is 0 Å². The number of nitrogens with two attached hydrogens (primary N) is 1. The van der Waals surface area contributed by atoms with Gasteiger partial charge in [-0.3, -0.25) is 9.69 Å². The Morgan fingerprint density at radius 2 is 1.86 bits per heavy atom. The Morgan fingerprint density at radius 1 is 1.07 bits per heavy atom. The molecule has 0 radical (unpaired) electrons. The molecule has 0 bridgehead atoms. The molecule has 6 heteroatoms. The first kappa shape index (κ1) is 18.7. The second-order valence-corrected chi connectivity index (χ2v) is 8.75. The molecular weight excluding hydrogens is 362 g/mol. The Balaban J connectivity index is 1.25. The van der Waals surface area contributed by atoms with Crippen molar-refractivity contribution < 1.29 is 4.79 Å². The van der Waals surface area contributed by atoms with Crippen molar-refractivity contribution in [3.8, 4) is 11.4 Å². The van der Waals surface area contributed by atoms with Crippen molar-refractivity contribution in [1.82, 2.24) is 19.8 Å². The van der Waals surface area contributed by atoms with Crippen molar-refractivity contribution >= 4 is 5.91 Å². The molecule has 1 saturated heterocycles. The Hall–Kier alpha value is -2.31. The zero-order valence-electron chi connectivity index (χ0n) is 16.8. The van der Waals surface area contributed by atoms with Gasteiger partial charge in [0.2, 0.25) is 5.91 Å². The number of nitrogens with zero attached hydrogens (tertiary/aromatic N) is 4. The first-order valence-electron chi connectivity index (χ1n) is 10.8. The lowest BCUT2D eigenvalue weighted by molar-refractivity contribution is -0.133. The number of carbonyl (C=O) groups excluding carboxylic acids is 1. The molecule has 2 aliphatic heterocycles. The molecule has 2 atom stereocenters. The Labute approximate surface area is 172 Å². The highest BCUT2D eigenvalue weighted by Gasteiger charge is 2.38. The average Bonchev–Trinajstić information content (AvgIpc) is 3.34. The summed E-state index contributed by atoms with van der Waals surface area (Å²) >= 11 is 0. The van der Waals surface area contributed by atoms with Gasteiger partial charge in [0.05, 0.1) is 12.2 Å². The van der Waals surface area contributed by atoms with Gasteiger partial charge in [-0.1, -0.05) is 30.3 Å². The highest BCUT2D eigenvalue weighted by molar-refractivity contribution is 5.77. The minimum atomic E-state index is 0.229. The number of aromatic nitrogens is 2. The molecule has 3 heterocycles. The van der Waals surface area contributed by atoms with Crippen molar-refractivity contribution in [3.63, 3.8) is 0 Å². The minimum Gasteiger partial charge on any atom is -0.332 e. The Morgan fingerprint density at radius 3 is 2.62 bits per heavy atom. The summed E-state index contributed by atoms with van der Waals surface area (Å²) in [6.07, 6.45) is 7.34. The van der Waals surface area contributed by atoms with E-state index in [0.29, 0.717) is 38.1 Å². The first-order chi connectivity index (χ1) is 14.2. The molecule has 2 aromatic rings. The summed E-state index contributed by atoms with van der Waals surface area (Å²) in [6, 6.07) is 10.8. The lowest BCUT2D eigenvalue weighted by Gasteiger charge is -2.30. The molecule has 1 aromatic carbocycles. The molecule has 5 rings (SSSR count). The second kappa shape index (κ2) is 7.84. The van der Waals surface area contributed by atoms with Crippen LogP contribution in [0.2, 0.25) is 0 Å². The fourth-order valence-corrected chi connectivity index (χ4v) is 4.77. The zero-order chi connectivity index (χ0) is 19.8. The summed E-state index contributed by atoms with van der Waals surface area (Å²) in [5, 5.41) is 0. The van der Waals surface area contributed by atoms with E-state index in [1.165, 1.54) is 12.8 Å². The Kier molecular flexibility index (Phi) is 5.06. The fourth-order valence-electron chi connectivity index (χ4n) is 4.77. The molecular formula is C23H29N5O. The van der Waals surface area contributed by atoms with Crippen molar-refractivity contribution in [2.75, 3.05) is 13.1 Å². The van der Waals surface area contributed by atoms with Gasteiger partial charge in [0.15, 0.2) is 5.82 Å². The largest absolute Gasteiger partial charge is 0.332 e. The predicted molar refractivity (Wildman–Crippen MR) is 112 cm³/mol. The van der Waals surface area contributed by atoms with Gasteiger partial charge >= 0.3 is 0 Å². The van der Waals surface area contributed by atoms with Crippen LogP contribution in [0.3, 0.4) is 0 Å². The van der Waals surface area contributed by atoms with E-state index in [1.807, 2.05) is 41.4 Å². The molecule has 1 amide bonds. The molecule has 2 fully saturated rings. The van der Waals surface area contributed by atoms with Gasteiger partial charge in [-0.15, -0.1) is 0 Å². The molecule has 29 heavy (non-hydrogen) atoms. The third-order valence-corrected chi connectivity index (χ3v) is 6.66. The average molecular weight is 392 g/mol. The number of rotatable bonds is 6. The van der Waals surface area contributed by atoms with E-state index in [0.717, 1.165) is 47.9 Å². The molecule has 2 N–H and O–H groups in total. The van der Waals surface area contributed by atoms with E-state index < -0.39 is 0 Å². The number of carbonyl (C=O) groups is 1. The van der Waals surface area contributed by atoms with E-state index in [-0.39, 0.29) is 5.91 Å². The van der Waals surface area contributed by atoms with Crippen LogP contribution < -0.4 is 5.73 Å². The van der Waals surface area contributed by atoms with E-state index in [1.54, 1.807) is 0 Å². The SMILES string of the molecule is NC[C@H]1CC[C@@H](CC(=O)N2Cc3cnc(-c4ccccc4)nc3C2)N1CC1CC1. The second-order valence-electron chi connectivity index (χ2n) is 8.75. The van der Waals surface area contributed by atoms with Crippen molar-refractivity contribution in [2.45, 2.75) is 57.3 Å². The number of likely N-dealkylation sites (tertiary alicyclic amines) is 1. The molecule has 1 aliphatic carbocycles. The maximum absolute atomic E-state index is 13.1. The zero-order valence-corrected chi connectivity index (χ0v) is 16.8. The molecule has 6 nitrogen and oxygen atoms in total. The van der Waals surface area contributed by atoms with Crippen molar-refractivity contribution in [3.05, 3.63) is 47.8 Å². The summed E-state index contributed by atoms with van der Waals surface area (Å²) in [5.74, 6) is 1.78. The molecule has 0 spiro atoms. The van der Waals surface area contributed by atoms with Crippen LogP contribution in [-0.2, 0) is 17.9 Å². The van der Waals surface area contributed by atoms with Gasteiger partial charge in [-0.25, -0.2) is 9.97 Å². The number of benzene rings is 1. The minimum absolute atomic E-state index is 0.229.